The van der Waals surface area contributed by atoms with E-state index in [1.807, 2.05) is 0 Å². The Kier molecular flexibility index (Phi) is 7.02. The first-order chi connectivity index (χ1) is 16.9. The van der Waals surface area contributed by atoms with Crippen LogP contribution < -0.4 is 10.6 Å². The molecule has 1 saturated carbocycles. The van der Waals surface area contributed by atoms with Crippen LogP contribution in [-0.2, 0) is 9.53 Å². The Morgan fingerprint density at radius 1 is 1.08 bits per heavy atom. The third-order valence-electron chi connectivity index (χ3n) is 6.33. The molecule has 9 heteroatoms. The normalized spacial score (nSPS) is 18.4. The molecular weight excluding hydrogens is 471 g/mol. The smallest absolute Gasteiger partial charge is 0.408 e. The molecule has 0 aliphatic heterocycles. The van der Waals surface area contributed by atoms with Crippen LogP contribution in [0.4, 0.5) is 18.0 Å². The summed E-state index contributed by atoms with van der Waals surface area (Å²) in [5.74, 6) is -1.89. The lowest BCUT2D eigenvalue weighted by molar-refractivity contribution is -0.123. The summed E-state index contributed by atoms with van der Waals surface area (Å²) < 4.78 is 47.3. The van der Waals surface area contributed by atoms with Gasteiger partial charge in [0.05, 0.1) is 11.2 Å². The minimum absolute atomic E-state index is 0.0132. The molecule has 1 atom stereocenters. The van der Waals surface area contributed by atoms with Gasteiger partial charge in [0.1, 0.15) is 29.1 Å². The molecule has 0 radical (unpaired) electrons. The minimum atomic E-state index is -0.764. The topological polar surface area (TPSA) is 83.2 Å². The standard InChI is InChI=1S/C27H30F3N3O3/c1-14(32-26(35)36-27(2,3)4)25(34)31-13-15-9-17(10-15)22-20-11-19(29)12-21(30)24(20)33-23(22)16-5-7-18(28)8-6-16/h5-8,11-12,14-15,17,33H,9-10,13H2,1-4H3,(H,31,34)(H,32,35)/t14-,15?,17?/m0/s1. The highest BCUT2D eigenvalue weighted by Gasteiger charge is 2.35. The second-order valence-electron chi connectivity index (χ2n) is 10.4. The van der Waals surface area contributed by atoms with Crippen LogP contribution in [0.2, 0.25) is 0 Å². The maximum absolute atomic E-state index is 14.5. The fraction of sp³-hybridized carbons (Fsp3) is 0.407. The molecule has 0 unspecified atom stereocenters. The predicted molar refractivity (Wildman–Crippen MR) is 131 cm³/mol. The van der Waals surface area contributed by atoms with E-state index in [2.05, 4.69) is 15.6 Å². The van der Waals surface area contributed by atoms with Gasteiger partial charge in [-0.05, 0) is 93.8 Å². The summed E-state index contributed by atoms with van der Waals surface area (Å²) in [4.78, 5) is 27.4. The molecule has 1 heterocycles. The van der Waals surface area contributed by atoms with E-state index in [0.717, 1.165) is 11.6 Å². The van der Waals surface area contributed by atoms with Crippen LogP contribution in [-0.4, -0.2) is 35.2 Å². The lowest BCUT2D eigenvalue weighted by Gasteiger charge is -2.36. The number of rotatable bonds is 6. The second kappa shape index (κ2) is 9.87. The highest BCUT2D eigenvalue weighted by molar-refractivity contribution is 5.92. The maximum atomic E-state index is 14.5. The fourth-order valence-corrected chi connectivity index (χ4v) is 4.59. The van der Waals surface area contributed by atoms with Crippen molar-refractivity contribution < 1.29 is 27.5 Å². The highest BCUT2D eigenvalue weighted by Crippen LogP contribution is 2.48. The molecule has 36 heavy (non-hydrogen) atoms. The van der Waals surface area contributed by atoms with Crippen molar-refractivity contribution in [3.05, 3.63) is 59.4 Å². The molecule has 3 aromatic rings. The molecule has 0 spiro atoms. The predicted octanol–water partition coefficient (Wildman–Crippen LogP) is 5.78. The zero-order chi connectivity index (χ0) is 26.2. The minimum Gasteiger partial charge on any atom is -0.444 e. The first-order valence-corrected chi connectivity index (χ1v) is 11.9. The molecule has 4 rings (SSSR count). The molecule has 192 valence electrons. The average Bonchev–Trinajstić information content (AvgIpc) is 3.11. The molecule has 2 amide bonds. The van der Waals surface area contributed by atoms with Crippen LogP contribution in [0.15, 0.2) is 36.4 Å². The van der Waals surface area contributed by atoms with Crippen molar-refractivity contribution in [2.75, 3.05) is 6.54 Å². The number of carbonyl (C=O) groups excluding carboxylic acids is 2. The molecule has 1 aliphatic rings. The summed E-state index contributed by atoms with van der Waals surface area (Å²) in [5.41, 5.74) is 1.66. The number of nitrogens with one attached hydrogen (secondary N) is 3. The van der Waals surface area contributed by atoms with Gasteiger partial charge in [-0.15, -0.1) is 0 Å². The zero-order valence-corrected chi connectivity index (χ0v) is 20.7. The SMILES string of the molecule is C[C@H](NC(=O)OC(C)(C)C)C(=O)NCC1CC(c2c(-c3ccc(F)cc3)[nH]c3c(F)cc(F)cc23)C1. The van der Waals surface area contributed by atoms with Gasteiger partial charge < -0.3 is 20.4 Å². The monoisotopic (exact) mass is 501 g/mol. The largest absolute Gasteiger partial charge is 0.444 e. The maximum Gasteiger partial charge on any atom is 0.408 e. The quantitative estimate of drug-likeness (QED) is 0.401. The summed E-state index contributed by atoms with van der Waals surface area (Å²) in [6, 6.07) is 7.25. The van der Waals surface area contributed by atoms with E-state index in [1.165, 1.54) is 18.2 Å². The fourth-order valence-electron chi connectivity index (χ4n) is 4.59. The van der Waals surface area contributed by atoms with Crippen molar-refractivity contribution in [3.63, 3.8) is 0 Å². The number of benzene rings is 2. The Hall–Kier alpha value is -3.49. The van der Waals surface area contributed by atoms with Gasteiger partial charge in [0.2, 0.25) is 5.91 Å². The van der Waals surface area contributed by atoms with E-state index in [9.17, 15) is 22.8 Å². The number of H-pyrrole nitrogens is 1. The van der Waals surface area contributed by atoms with Crippen molar-refractivity contribution in [1.29, 1.82) is 0 Å². The van der Waals surface area contributed by atoms with E-state index in [4.69, 9.17) is 4.74 Å². The summed E-state index contributed by atoms with van der Waals surface area (Å²) in [6.45, 7) is 7.20. The molecule has 1 fully saturated rings. The number of aromatic nitrogens is 1. The van der Waals surface area contributed by atoms with Crippen LogP contribution in [0.5, 0.6) is 0 Å². The van der Waals surface area contributed by atoms with Crippen LogP contribution in [0.1, 0.15) is 52.0 Å². The molecule has 1 aliphatic carbocycles. The van der Waals surface area contributed by atoms with Gasteiger partial charge in [-0.3, -0.25) is 4.79 Å². The number of halogens is 3. The van der Waals surface area contributed by atoms with Crippen LogP contribution in [0, 0.1) is 23.4 Å². The van der Waals surface area contributed by atoms with Gasteiger partial charge in [0.25, 0.3) is 0 Å². The molecule has 6 nitrogen and oxygen atoms in total. The zero-order valence-electron chi connectivity index (χ0n) is 20.7. The second-order valence-corrected chi connectivity index (χ2v) is 10.4. The molecule has 2 aromatic carbocycles. The van der Waals surface area contributed by atoms with E-state index < -0.39 is 29.4 Å². The van der Waals surface area contributed by atoms with Gasteiger partial charge in [-0.1, -0.05) is 0 Å². The van der Waals surface area contributed by atoms with Gasteiger partial charge in [0.15, 0.2) is 0 Å². The summed E-state index contributed by atoms with van der Waals surface area (Å²) in [7, 11) is 0. The van der Waals surface area contributed by atoms with Crippen molar-refractivity contribution in [1.82, 2.24) is 15.6 Å². The first kappa shape index (κ1) is 25.6. The summed E-state index contributed by atoms with van der Waals surface area (Å²) >= 11 is 0. The number of carbonyl (C=O) groups is 2. The van der Waals surface area contributed by atoms with Gasteiger partial charge in [-0.2, -0.15) is 0 Å². The number of hydrogen-bond acceptors (Lipinski definition) is 3. The highest BCUT2D eigenvalue weighted by atomic mass is 19.1. The number of aromatic amines is 1. The molecular formula is C27H30F3N3O3. The van der Waals surface area contributed by atoms with E-state index in [0.29, 0.717) is 36.0 Å². The van der Waals surface area contributed by atoms with Gasteiger partial charge in [-0.25, -0.2) is 18.0 Å². The van der Waals surface area contributed by atoms with Crippen molar-refractivity contribution in [2.45, 2.75) is 58.1 Å². The third kappa shape index (κ3) is 5.66. The van der Waals surface area contributed by atoms with Crippen molar-refractivity contribution in [2.24, 2.45) is 5.92 Å². The molecule has 0 saturated heterocycles. The lowest BCUT2D eigenvalue weighted by atomic mass is 9.70. The number of alkyl carbamates (subject to hydrolysis) is 1. The van der Waals surface area contributed by atoms with E-state index in [1.54, 1.807) is 39.8 Å². The number of ether oxygens (including phenoxy) is 1. The third-order valence-corrected chi connectivity index (χ3v) is 6.33. The van der Waals surface area contributed by atoms with Gasteiger partial charge in [0, 0.05) is 18.0 Å². The van der Waals surface area contributed by atoms with Crippen LogP contribution in [0.3, 0.4) is 0 Å². The summed E-state index contributed by atoms with van der Waals surface area (Å²) in [6.07, 6.45) is 0.738. The molecule has 1 aromatic heterocycles. The Bertz CT molecular complexity index is 1280. The number of hydrogen-bond donors (Lipinski definition) is 3. The number of fused-ring (bicyclic) bond motifs is 1. The van der Waals surface area contributed by atoms with Crippen molar-refractivity contribution >= 4 is 22.9 Å². The Balaban J connectivity index is 1.43. The first-order valence-electron chi connectivity index (χ1n) is 11.9. The van der Waals surface area contributed by atoms with Crippen LogP contribution >= 0.6 is 0 Å². The summed E-state index contributed by atoms with van der Waals surface area (Å²) in [5, 5.41) is 5.83. The van der Waals surface area contributed by atoms with Crippen LogP contribution in [0.25, 0.3) is 22.2 Å². The molecule has 3 N–H and O–H groups in total. The van der Waals surface area contributed by atoms with E-state index >= 15 is 0 Å². The van der Waals surface area contributed by atoms with E-state index in [-0.39, 0.29) is 29.1 Å². The van der Waals surface area contributed by atoms with Gasteiger partial charge >= 0.3 is 6.09 Å². The number of amides is 2. The average molecular weight is 502 g/mol. The lowest BCUT2D eigenvalue weighted by Crippen LogP contribution is -2.48. The Labute approximate surface area is 207 Å². The Morgan fingerprint density at radius 3 is 2.39 bits per heavy atom. The van der Waals surface area contributed by atoms with Crippen molar-refractivity contribution in [3.8, 4) is 11.3 Å². The Morgan fingerprint density at radius 2 is 1.75 bits per heavy atom. The molecule has 0 bridgehead atoms.